The molecule has 0 aliphatic heterocycles. The first-order valence-electron chi connectivity index (χ1n) is 5.79. The molecule has 0 aliphatic rings. The number of nitrogens with two attached hydrogens (primary N) is 1. The average molecular weight is 339 g/mol. The molecular weight excluding hydrogens is 324 g/mol. The van der Waals surface area contributed by atoms with Gasteiger partial charge in [0.25, 0.3) is 0 Å². The molecule has 1 aromatic carbocycles. The number of halogens is 1. The van der Waals surface area contributed by atoms with Gasteiger partial charge in [0.1, 0.15) is 4.99 Å². The molecule has 0 saturated heterocycles. The van der Waals surface area contributed by atoms with Gasteiger partial charge < -0.3 is 11.1 Å². The first-order chi connectivity index (χ1) is 8.99. The van der Waals surface area contributed by atoms with Crippen molar-refractivity contribution in [3.8, 4) is 0 Å². The second-order valence-corrected chi connectivity index (χ2v) is 5.59. The fourth-order valence-corrected chi connectivity index (χ4v) is 2.37. The summed E-state index contributed by atoms with van der Waals surface area (Å²) in [6.07, 6.45) is 1.87. The van der Waals surface area contributed by atoms with E-state index in [0.717, 1.165) is 28.0 Å². The third-order valence-corrected chi connectivity index (χ3v) is 3.95. The van der Waals surface area contributed by atoms with E-state index in [2.05, 4.69) is 33.3 Å². The molecule has 3 N–H and O–H groups in total. The van der Waals surface area contributed by atoms with Gasteiger partial charge in [-0.25, -0.2) is 0 Å². The van der Waals surface area contributed by atoms with Crippen LogP contribution in [0.5, 0.6) is 0 Å². The van der Waals surface area contributed by atoms with Gasteiger partial charge in [0.15, 0.2) is 0 Å². The van der Waals surface area contributed by atoms with Crippen LogP contribution >= 0.6 is 28.1 Å². The molecule has 4 nitrogen and oxygen atoms in total. The molecule has 0 saturated carbocycles. The fraction of sp³-hybridized carbons (Fsp3) is 0.231. The molecule has 2 aromatic rings. The fourth-order valence-electron chi connectivity index (χ4n) is 1.72. The van der Waals surface area contributed by atoms with Crippen molar-refractivity contribution in [2.45, 2.75) is 13.5 Å². The van der Waals surface area contributed by atoms with Gasteiger partial charge in [-0.2, -0.15) is 5.10 Å². The number of benzene rings is 1. The van der Waals surface area contributed by atoms with Crippen LogP contribution in [0.1, 0.15) is 16.8 Å². The Morgan fingerprint density at radius 1 is 1.53 bits per heavy atom. The highest BCUT2D eigenvalue weighted by molar-refractivity contribution is 9.10. The summed E-state index contributed by atoms with van der Waals surface area (Å²) in [4.78, 5) is 0.398. The highest BCUT2D eigenvalue weighted by Gasteiger charge is 2.06. The highest BCUT2D eigenvalue weighted by atomic mass is 79.9. The summed E-state index contributed by atoms with van der Waals surface area (Å²) in [6, 6.07) is 5.79. The van der Waals surface area contributed by atoms with Crippen molar-refractivity contribution in [2.75, 3.05) is 5.32 Å². The van der Waals surface area contributed by atoms with Crippen LogP contribution < -0.4 is 11.1 Å². The van der Waals surface area contributed by atoms with Crippen molar-refractivity contribution in [2.24, 2.45) is 12.8 Å². The molecular formula is C13H15BrN4S. The van der Waals surface area contributed by atoms with Gasteiger partial charge in [-0.1, -0.05) is 12.2 Å². The number of nitrogens with zero attached hydrogens (tertiary/aromatic N) is 2. The number of aryl methyl sites for hydroxylation is 1. The smallest absolute Gasteiger partial charge is 0.104 e. The van der Waals surface area contributed by atoms with Crippen LogP contribution in [0.25, 0.3) is 0 Å². The minimum absolute atomic E-state index is 0.398. The maximum Gasteiger partial charge on any atom is 0.104 e. The second kappa shape index (κ2) is 5.71. The van der Waals surface area contributed by atoms with Crippen LogP contribution in [0.4, 0.5) is 5.69 Å². The molecule has 0 fully saturated rings. The number of hydrogen-bond acceptors (Lipinski definition) is 3. The molecule has 0 atom stereocenters. The standard InChI is InChI=1S/C13H15BrN4S/c1-8-10(7-17-18(8)2)6-16-12-4-3-9(13(15)19)5-11(12)14/h3-5,7,16H,6H2,1-2H3,(H2,15,19). The van der Waals surface area contributed by atoms with E-state index in [1.54, 1.807) is 0 Å². The van der Waals surface area contributed by atoms with E-state index in [4.69, 9.17) is 18.0 Å². The third-order valence-electron chi connectivity index (χ3n) is 3.06. The van der Waals surface area contributed by atoms with Gasteiger partial charge in [0, 0.05) is 40.6 Å². The number of aromatic nitrogens is 2. The monoisotopic (exact) mass is 338 g/mol. The Hall–Kier alpha value is -1.40. The summed E-state index contributed by atoms with van der Waals surface area (Å²) in [5, 5.41) is 7.58. The van der Waals surface area contributed by atoms with Crippen molar-refractivity contribution in [1.82, 2.24) is 9.78 Å². The molecule has 19 heavy (non-hydrogen) atoms. The zero-order valence-electron chi connectivity index (χ0n) is 10.8. The van der Waals surface area contributed by atoms with E-state index in [-0.39, 0.29) is 0 Å². The molecule has 1 aromatic heterocycles. The molecule has 0 aliphatic carbocycles. The largest absolute Gasteiger partial charge is 0.389 e. The van der Waals surface area contributed by atoms with Gasteiger partial charge >= 0.3 is 0 Å². The van der Waals surface area contributed by atoms with E-state index >= 15 is 0 Å². The minimum Gasteiger partial charge on any atom is -0.389 e. The van der Waals surface area contributed by atoms with Crippen LogP contribution in [0.3, 0.4) is 0 Å². The molecule has 0 amide bonds. The van der Waals surface area contributed by atoms with Gasteiger partial charge in [-0.15, -0.1) is 0 Å². The normalized spacial score (nSPS) is 10.5. The minimum atomic E-state index is 0.398. The third kappa shape index (κ3) is 3.13. The van der Waals surface area contributed by atoms with E-state index in [1.165, 1.54) is 5.56 Å². The molecule has 0 bridgehead atoms. The first kappa shape index (κ1) is 14.0. The number of anilines is 1. The number of hydrogen-bond donors (Lipinski definition) is 2. The Morgan fingerprint density at radius 2 is 2.26 bits per heavy atom. The maximum atomic E-state index is 5.60. The van der Waals surface area contributed by atoms with Crippen molar-refractivity contribution < 1.29 is 0 Å². The molecule has 1 heterocycles. The van der Waals surface area contributed by atoms with E-state index in [9.17, 15) is 0 Å². The van der Waals surface area contributed by atoms with Crippen molar-refractivity contribution in [1.29, 1.82) is 0 Å². The van der Waals surface area contributed by atoms with E-state index < -0.39 is 0 Å². The number of nitrogens with one attached hydrogen (secondary N) is 1. The lowest BCUT2D eigenvalue weighted by Crippen LogP contribution is -2.09. The van der Waals surface area contributed by atoms with Crippen LogP contribution in [0.2, 0.25) is 0 Å². The lowest BCUT2D eigenvalue weighted by molar-refractivity contribution is 0.738. The lowest BCUT2D eigenvalue weighted by Gasteiger charge is -2.09. The Morgan fingerprint density at radius 3 is 2.79 bits per heavy atom. The van der Waals surface area contributed by atoms with Crippen LogP contribution in [0, 0.1) is 6.92 Å². The summed E-state index contributed by atoms with van der Waals surface area (Å²) >= 11 is 8.47. The molecule has 2 rings (SSSR count). The van der Waals surface area contributed by atoms with E-state index in [1.807, 2.05) is 36.1 Å². The zero-order chi connectivity index (χ0) is 14.0. The van der Waals surface area contributed by atoms with Gasteiger partial charge in [-0.3, -0.25) is 4.68 Å². The zero-order valence-corrected chi connectivity index (χ0v) is 13.2. The van der Waals surface area contributed by atoms with Crippen molar-refractivity contribution in [3.63, 3.8) is 0 Å². The second-order valence-electron chi connectivity index (χ2n) is 4.29. The van der Waals surface area contributed by atoms with Crippen LogP contribution in [0.15, 0.2) is 28.9 Å². The quantitative estimate of drug-likeness (QED) is 0.841. The van der Waals surface area contributed by atoms with Crippen LogP contribution in [-0.2, 0) is 13.6 Å². The molecule has 100 valence electrons. The predicted molar refractivity (Wildman–Crippen MR) is 85.3 cm³/mol. The predicted octanol–water partition coefficient (Wildman–Crippen LogP) is 2.74. The first-order valence-corrected chi connectivity index (χ1v) is 7.00. The van der Waals surface area contributed by atoms with Crippen molar-refractivity contribution in [3.05, 3.63) is 45.7 Å². The molecule has 0 radical (unpaired) electrons. The summed E-state index contributed by atoms with van der Waals surface area (Å²) in [5.74, 6) is 0. The van der Waals surface area contributed by atoms with Crippen molar-refractivity contribution >= 4 is 38.8 Å². The Bertz CT molecular complexity index is 621. The van der Waals surface area contributed by atoms with Gasteiger partial charge in [0.2, 0.25) is 0 Å². The van der Waals surface area contributed by atoms with E-state index in [0.29, 0.717) is 4.99 Å². The highest BCUT2D eigenvalue weighted by Crippen LogP contribution is 2.24. The Labute approximate surface area is 126 Å². The Kier molecular flexibility index (Phi) is 4.21. The molecule has 0 unspecified atom stereocenters. The van der Waals surface area contributed by atoms with Gasteiger partial charge in [0.05, 0.1) is 6.20 Å². The summed E-state index contributed by atoms with van der Waals surface area (Å²) in [7, 11) is 1.94. The summed E-state index contributed by atoms with van der Waals surface area (Å²) < 4.78 is 2.81. The van der Waals surface area contributed by atoms with Crippen LogP contribution in [-0.4, -0.2) is 14.8 Å². The Balaban J connectivity index is 2.12. The topological polar surface area (TPSA) is 55.9 Å². The average Bonchev–Trinajstić information content (AvgIpc) is 2.68. The maximum absolute atomic E-state index is 5.60. The number of thiocarbonyl (C=S) groups is 1. The molecule has 0 spiro atoms. The summed E-state index contributed by atoms with van der Waals surface area (Å²) in [5.41, 5.74) is 9.78. The lowest BCUT2D eigenvalue weighted by atomic mass is 10.2. The van der Waals surface area contributed by atoms with Gasteiger partial charge in [-0.05, 0) is 41.1 Å². The molecule has 6 heteroatoms. The SMILES string of the molecule is Cc1c(CNc2ccc(C(N)=S)cc2Br)cnn1C. The summed E-state index contributed by atoms with van der Waals surface area (Å²) in [6.45, 7) is 2.78. The number of rotatable bonds is 4.